The molecular formula is C25H36O. The minimum Gasteiger partial charge on any atom is -0.289 e. The lowest BCUT2D eigenvalue weighted by Crippen LogP contribution is -2.19. The second kappa shape index (κ2) is 10.3. The topological polar surface area (TPSA) is 17.1 Å². The SMILES string of the molecule is C=C/C(=C\C=C(/C)CCC=C(C)C)C(=O)/C=C/C1=C(C)CCCC1(C)C. The van der Waals surface area contributed by atoms with Crippen LogP contribution >= 0.6 is 0 Å². The summed E-state index contributed by atoms with van der Waals surface area (Å²) in [5, 5.41) is 0. The van der Waals surface area contributed by atoms with E-state index in [1.807, 2.05) is 18.2 Å². The van der Waals surface area contributed by atoms with E-state index in [0.717, 1.165) is 19.3 Å². The van der Waals surface area contributed by atoms with E-state index in [4.69, 9.17) is 0 Å². The normalized spacial score (nSPS) is 18.2. The lowest BCUT2D eigenvalue weighted by atomic mass is 9.72. The summed E-state index contributed by atoms with van der Waals surface area (Å²) < 4.78 is 0. The average Bonchev–Trinajstić information content (AvgIpc) is 2.54. The number of carbonyl (C=O) groups excluding carboxylic acids is 1. The highest BCUT2D eigenvalue weighted by molar-refractivity contribution is 6.06. The van der Waals surface area contributed by atoms with Gasteiger partial charge in [0.1, 0.15) is 0 Å². The highest BCUT2D eigenvalue weighted by Gasteiger charge is 2.26. The van der Waals surface area contributed by atoms with Gasteiger partial charge in [-0.15, -0.1) is 0 Å². The molecule has 0 aromatic heterocycles. The highest BCUT2D eigenvalue weighted by Crippen LogP contribution is 2.40. The summed E-state index contributed by atoms with van der Waals surface area (Å²) in [6.07, 6.45) is 17.2. The number of hydrogen-bond acceptors (Lipinski definition) is 1. The van der Waals surface area contributed by atoms with Crippen molar-refractivity contribution in [3.05, 3.63) is 70.9 Å². The number of hydrogen-bond donors (Lipinski definition) is 0. The molecule has 0 spiro atoms. The van der Waals surface area contributed by atoms with Gasteiger partial charge in [0.15, 0.2) is 5.78 Å². The molecule has 0 heterocycles. The van der Waals surface area contributed by atoms with Crippen LogP contribution in [0, 0.1) is 5.41 Å². The van der Waals surface area contributed by atoms with E-state index < -0.39 is 0 Å². The third kappa shape index (κ3) is 7.15. The molecule has 0 radical (unpaired) electrons. The molecule has 0 atom stereocenters. The van der Waals surface area contributed by atoms with Crippen LogP contribution in [0.15, 0.2) is 70.9 Å². The minimum atomic E-state index is 0.0232. The van der Waals surface area contributed by atoms with Gasteiger partial charge in [0.05, 0.1) is 0 Å². The number of ketones is 1. The zero-order valence-electron chi connectivity index (χ0n) is 17.6. The Morgan fingerprint density at radius 2 is 1.88 bits per heavy atom. The van der Waals surface area contributed by atoms with Gasteiger partial charge in [-0.1, -0.05) is 67.5 Å². The predicted molar refractivity (Wildman–Crippen MR) is 115 cm³/mol. The molecule has 0 saturated heterocycles. The van der Waals surface area contributed by atoms with Gasteiger partial charge in [-0.2, -0.15) is 0 Å². The van der Waals surface area contributed by atoms with Gasteiger partial charge < -0.3 is 0 Å². The Balaban J connectivity index is 2.85. The van der Waals surface area contributed by atoms with Crippen LogP contribution in [-0.4, -0.2) is 5.78 Å². The fourth-order valence-electron chi connectivity index (χ4n) is 3.42. The van der Waals surface area contributed by atoms with Crippen LogP contribution in [0.25, 0.3) is 0 Å². The Hall–Kier alpha value is -1.89. The van der Waals surface area contributed by atoms with E-state index in [-0.39, 0.29) is 11.2 Å². The van der Waals surface area contributed by atoms with Crippen molar-refractivity contribution in [2.45, 2.75) is 73.6 Å². The molecule has 1 rings (SSSR count). The molecule has 26 heavy (non-hydrogen) atoms. The smallest absolute Gasteiger partial charge is 0.185 e. The molecule has 1 aliphatic carbocycles. The summed E-state index contributed by atoms with van der Waals surface area (Å²) in [4.78, 5) is 12.6. The fraction of sp³-hybridized carbons (Fsp3) is 0.480. The number of allylic oxidation sites excluding steroid dienone is 11. The maximum atomic E-state index is 12.6. The monoisotopic (exact) mass is 352 g/mol. The Morgan fingerprint density at radius 3 is 2.46 bits per heavy atom. The van der Waals surface area contributed by atoms with Crippen molar-refractivity contribution in [1.29, 1.82) is 0 Å². The molecule has 0 aromatic carbocycles. The van der Waals surface area contributed by atoms with Gasteiger partial charge in [0, 0.05) is 5.57 Å². The first-order valence-electron chi connectivity index (χ1n) is 9.73. The van der Waals surface area contributed by atoms with Crippen LogP contribution in [0.3, 0.4) is 0 Å². The van der Waals surface area contributed by atoms with E-state index in [9.17, 15) is 4.79 Å². The fourth-order valence-corrected chi connectivity index (χ4v) is 3.42. The van der Waals surface area contributed by atoms with Crippen LogP contribution in [0.4, 0.5) is 0 Å². The molecule has 0 amide bonds. The third-order valence-electron chi connectivity index (χ3n) is 5.09. The van der Waals surface area contributed by atoms with Gasteiger partial charge in [-0.3, -0.25) is 4.79 Å². The van der Waals surface area contributed by atoms with Crippen LogP contribution in [0.1, 0.15) is 73.6 Å². The lowest BCUT2D eigenvalue weighted by Gasteiger charge is -2.32. The third-order valence-corrected chi connectivity index (χ3v) is 5.09. The first kappa shape index (κ1) is 22.2. The molecule has 0 saturated carbocycles. The molecule has 142 valence electrons. The Kier molecular flexibility index (Phi) is 8.78. The van der Waals surface area contributed by atoms with E-state index in [2.05, 4.69) is 54.2 Å². The number of carbonyl (C=O) groups is 1. The zero-order valence-corrected chi connectivity index (χ0v) is 17.6. The predicted octanol–water partition coefficient (Wildman–Crippen LogP) is 7.44. The molecule has 1 nitrogen and oxygen atoms in total. The standard InChI is InChI=1S/C25H36O/c1-8-22(15-14-20(4)12-9-11-19(2)3)24(26)17-16-23-21(5)13-10-18-25(23,6)7/h8,11,14-17H,1,9-10,12-13,18H2,2-7H3/b17-16+,20-14+,22-15+. The molecule has 0 fully saturated rings. The van der Waals surface area contributed by atoms with Crippen molar-refractivity contribution in [2.75, 3.05) is 0 Å². The Morgan fingerprint density at radius 1 is 1.19 bits per heavy atom. The zero-order chi connectivity index (χ0) is 19.7. The molecular weight excluding hydrogens is 316 g/mol. The molecule has 0 aliphatic heterocycles. The van der Waals surface area contributed by atoms with Crippen LogP contribution in [-0.2, 0) is 4.79 Å². The van der Waals surface area contributed by atoms with Crippen LogP contribution < -0.4 is 0 Å². The molecule has 1 heteroatoms. The molecule has 1 aliphatic rings. The minimum absolute atomic E-state index is 0.0232. The van der Waals surface area contributed by atoms with Crippen molar-refractivity contribution in [1.82, 2.24) is 0 Å². The van der Waals surface area contributed by atoms with Crippen molar-refractivity contribution in [3.63, 3.8) is 0 Å². The van der Waals surface area contributed by atoms with Gasteiger partial charge in [0.25, 0.3) is 0 Å². The second-order valence-corrected chi connectivity index (χ2v) is 8.29. The lowest BCUT2D eigenvalue weighted by molar-refractivity contribution is -0.111. The Bertz CT molecular complexity index is 671. The van der Waals surface area contributed by atoms with E-state index >= 15 is 0 Å². The van der Waals surface area contributed by atoms with Gasteiger partial charge in [-0.25, -0.2) is 0 Å². The van der Waals surface area contributed by atoms with Gasteiger partial charge in [0.2, 0.25) is 0 Å². The van der Waals surface area contributed by atoms with E-state index in [0.29, 0.717) is 5.57 Å². The van der Waals surface area contributed by atoms with E-state index in [1.165, 1.54) is 35.1 Å². The second-order valence-electron chi connectivity index (χ2n) is 8.29. The molecule has 0 aromatic rings. The summed E-state index contributed by atoms with van der Waals surface area (Å²) >= 11 is 0. The number of rotatable bonds is 8. The average molecular weight is 353 g/mol. The van der Waals surface area contributed by atoms with Crippen LogP contribution in [0.2, 0.25) is 0 Å². The van der Waals surface area contributed by atoms with Crippen LogP contribution in [0.5, 0.6) is 0 Å². The Labute approximate surface area is 161 Å². The van der Waals surface area contributed by atoms with E-state index in [1.54, 1.807) is 12.2 Å². The van der Waals surface area contributed by atoms with Crippen molar-refractivity contribution in [2.24, 2.45) is 5.41 Å². The maximum Gasteiger partial charge on any atom is 0.185 e. The summed E-state index contributed by atoms with van der Waals surface area (Å²) in [7, 11) is 0. The van der Waals surface area contributed by atoms with Gasteiger partial charge in [-0.05, 0) is 76.9 Å². The van der Waals surface area contributed by atoms with Crippen molar-refractivity contribution >= 4 is 5.78 Å². The first-order chi connectivity index (χ1) is 12.2. The quantitative estimate of drug-likeness (QED) is 0.252. The summed E-state index contributed by atoms with van der Waals surface area (Å²) in [6, 6.07) is 0. The summed E-state index contributed by atoms with van der Waals surface area (Å²) in [6.45, 7) is 16.9. The molecule has 0 N–H and O–H groups in total. The molecule has 0 unspecified atom stereocenters. The first-order valence-corrected chi connectivity index (χ1v) is 9.73. The van der Waals surface area contributed by atoms with Crippen molar-refractivity contribution < 1.29 is 4.79 Å². The maximum absolute atomic E-state index is 12.6. The van der Waals surface area contributed by atoms with Gasteiger partial charge >= 0.3 is 0 Å². The highest BCUT2D eigenvalue weighted by atomic mass is 16.1. The summed E-state index contributed by atoms with van der Waals surface area (Å²) in [5.41, 5.74) is 6.13. The molecule has 0 bridgehead atoms. The van der Waals surface area contributed by atoms with Crippen molar-refractivity contribution in [3.8, 4) is 0 Å². The summed E-state index contributed by atoms with van der Waals surface area (Å²) in [5.74, 6) is 0.0232. The largest absolute Gasteiger partial charge is 0.289 e.